The van der Waals surface area contributed by atoms with Gasteiger partial charge in [0, 0.05) is 25.5 Å². The second-order valence-electron chi connectivity index (χ2n) is 6.46. The second kappa shape index (κ2) is 12.0. The summed E-state index contributed by atoms with van der Waals surface area (Å²) in [4.78, 5) is 4.86. The first-order valence-corrected chi connectivity index (χ1v) is 12.1. The highest BCUT2D eigenvalue weighted by Crippen LogP contribution is 2.27. The molecule has 0 aliphatic carbocycles. The van der Waals surface area contributed by atoms with E-state index in [9.17, 15) is 43.2 Å². The first kappa shape index (κ1) is 28.8. The molecule has 1 aliphatic rings. The monoisotopic (exact) mass is 491 g/mol. The van der Waals surface area contributed by atoms with Crippen LogP contribution in [0.5, 0.6) is 0 Å². The Balaban J connectivity index is 0.000000561. The van der Waals surface area contributed by atoms with Crippen LogP contribution in [0.1, 0.15) is 52.4 Å². The number of hydrogen-bond donors (Lipinski definition) is 1. The van der Waals surface area contributed by atoms with E-state index in [1.54, 1.807) is 0 Å². The zero-order valence-electron chi connectivity index (χ0n) is 16.6. The van der Waals surface area contributed by atoms with Crippen molar-refractivity contribution in [3.8, 4) is 0 Å². The molecule has 15 heteroatoms. The van der Waals surface area contributed by atoms with Crippen LogP contribution in [0.2, 0.25) is 0 Å². The van der Waals surface area contributed by atoms with Gasteiger partial charge in [0.1, 0.15) is 0 Å². The Morgan fingerprint density at radius 1 is 0.733 bits per heavy atom. The highest BCUT2D eigenvalue weighted by atomic mass is 32.3. The lowest BCUT2D eigenvalue weighted by Gasteiger charge is -2.21. The average Bonchev–Trinajstić information content (AvgIpc) is 3.01. The third-order valence-electron chi connectivity index (χ3n) is 3.78. The van der Waals surface area contributed by atoms with Crippen molar-refractivity contribution in [1.29, 1.82) is 0 Å². The minimum atomic E-state index is -6.60. The van der Waals surface area contributed by atoms with E-state index in [-0.39, 0.29) is 0 Å². The Bertz CT molecular complexity index is 676. The predicted octanol–water partition coefficient (Wildman–Crippen LogP) is 3.69. The van der Waals surface area contributed by atoms with Crippen LogP contribution < -0.4 is 4.13 Å². The number of halogens is 6. The van der Waals surface area contributed by atoms with Crippen LogP contribution in [0.4, 0.5) is 26.3 Å². The molecule has 30 heavy (non-hydrogen) atoms. The Morgan fingerprint density at radius 3 is 1.33 bits per heavy atom. The third-order valence-corrected chi connectivity index (χ3v) is 6.75. The van der Waals surface area contributed by atoms with Crippen molar-refractivity contribution >= 4 is 20.0 Å². The van der Waals surface area contributed by atoms with Gasteiger partial charge in [0.2, 0.25) is 0 Å². The van der Waals surface area contributed by atoms with E-state index < -0.39 is 35.2 Å². The highest BCUT2D eigenvalue weighted by molar-refractivity contribution is 8.05. The van der Waals surface area contributed by atoms with Crippen LogP contribution in [-0.4, -0.2) is 57.4 Å². The van der Waals surface area contributed by atoms with Gasteiger partial charge in [-0.15, -0.1) is 0 Å². The fourth-order valence-corrected chi connectivity index (χ4v) is 4.09. The summed E-state index contributed by atoms with van der Waals surface area (Å²) in [5.41, 5.74) is -12.3. The summed E-state index contributed by atoms with van der Waals surface area (Å²) in [6.07, 6.45) is 12.5. The molecule has 0 bridgehead atoms. The molecule has 1 N–H and O–H groups in total. The van der Waals surface area contributed by atoms with Gasteiger partial charge in [-0.3, -0.25) is 0 Å². The molecule has 0 radical (unpaired) electrons. The van der Waals surface area contributed by atoms with Crippen molar-refractivity contribution in [2.75, 3.05) is 19.8 Å². The zero-order chi connectivity index (χ0) is 23.6. The van der Waals surface area contributed by atoms with Crippen LogP contribution in [-0.2, 0) is 20.0 Å². The van der Waals surface area contributed by atoms with Crippen molar-refractivity contribution in [3.05, 3.63) is 12.4 Å². The maximum absolute atomic E-state index is 11.5. The summed E-state index contributed by atoms with van der Waals surface area (Å²) in [6, 6.07) is 0. The van der Waals surface area contributed by atoms with E-state index in [2.05, 4.69) is 36.0 Å². The van der Waals surface area contributed by atoms with E-state index >= 15 is 0 Å². The maximum Gasteiger partial charge on any atom is 0.512 e. The lowest BCUT2D eigenvalue weighted by atomic mass is 10.2. The largest absolute Gasteiger partial charge is 0.512 e. The summed E-state index contributed by atoms with van der Waals surface area (Å²) in [6.45, 7) is 8.10. The summed E-state index contributed by atoms with van der Waals surface area (Å²) in [7, 11) is -13.2. The van der Waals surface area contributed by atoms with Gasteiger partial charge < -0.3 is 9.80 Å². The molecule has 0 aromatic rings. The Kier molecular flexibility index (Phi) is 11.5. The van der Waals surface area contributed by atoms with Crippen molar-refractivity contribution in [3.63, 3.8) is 0 Å². The molecule has 0 saturated carbocycles. The molecular weight excluding hydrogens is 464 g/mol. The molecule has 7 nitrogen and oxygen atoms in total. The van der Waals surface area contributed by atoms with Gasteiger partial charge in [-0.25, -0.2) is 16.8 Å². The van der Waals surface area contributed by atoms with E-state index in [4.69, 9.17) is 0 Å². The standard InChI is InChI=1S/C13H26N2.C2HF6NO4S2/c1-3-5-7-9-14-11-12-15(13-14)10-8-6-4-2;3-1(4,5)14(10,11)9-15(12,13)2(6,7)8/h11-12H,3-10,13H2,1-2H3;9H. The number of alkyl halides is 6. The Labute approximate surface area is 173 Å². The van der Waals surface area contributed by atoms with Crippen molar-refractivity contribution in [2.24, 2.45) is 0 Å². The molecule has 0 amide bonds. The molecular formula is C15H27F6N3O4S2. The summed E-state index contributed by atoms with van der Waals surface area (Å²) >= 11 is 0. The fourth-order valence-electron chi connectivity index (χ4n) is 2.18. The minimum Gasteiger partial charge on any atom is -0.359 e. The molecule has 0 aromatic heterocycles. The first-order chi connectivity index (χ1) is 13.6. The molecule has 0 fully saturated rings. The van der Waals surface area contributed by atoms with Crippen molar-refractivity contribution in [2.45, 2.75) is 63.4 Å². The Morgan fingerprint density at radius 2 is 1.07 bits per heavy atom. The quantitative estimate of drug-likeness (QED) is 0.371. The number of rotatable bonds is 10. The Hall–Kier alpha value is -1.22. The van der Waals surface area contributed by atoms with Crippen LogP contribution in [0.15, 0.2) is 12.4 Å². The summed E-state index contributed by atoms with van der Waals surface area (Å²) < 4.78 is 108. The van der Waals surface area contributed by atoms with E-state index in [1.165, 1.54) is 51.6 Å². The number of sulfonamides is 2. The normalized spacial score (nSPS) is 15.3. The minimum absolute atomic E-state index is 0.493. The maximum atomic E-state index is 11.5. The molecule has 0 unspecified atom stereocenters. The van der Waals surface area contributed by atoms with Crippen molar-refractivity contribution in [1.82, 2.24) is 13.9 Å². The van der Waals surface area contributed by atoms with Gasteiger partial charge in [-0.1, -0.05) is 43.7 Å². The lowest BCUT2D eigenvalue weighted by Crippen LogP contribution is -2.45. The average molecular weight is 492 g/mol. The number of nitrogens with one attached hydrogen (secondary N) is 1. The van der Waals surface area contributed by atoms with Crippen LogP contribution in [0, 0.1) is 0 Å². The molecule has 0 saturated heterocycles. The van der Waals surface area contributed by atoms with Crippen molar-refractivity contribution < 1.29 is 43.2 Å². The smallest absolute Gasteiger partial charge is 0.359 e. The summed E-state index contributed by atoms with van der Waals surface area (Å²) in [5, 5.41) is 0. The first-order valence-electron chi connectivity index (χ1n) is 9.15. The number of hydrogen-bond acceptors (Lipinski definition) is 6. The third kappa shape index (κ3) is 10.2. The zero-order valence-corrected chi connectivity index (χ0v) is 18.3. The predicted molar refractivity (Wildman–Crippen MR) is 99.6 cm³/mol. The topological polar surface area (TPSA) is 86.8 Å². The van der Waals surface area contributed by atoms with Gasteiger partial charge in [0.25, 0.3) is 0 Å². The van der Waals surface area contributed by atoms with Gasteiger partial charge in [-0.2, -0.15) is 26.3 Å². The van der Waals surface area contributed by atoms with Crippen LogP contribution in [0.25, 0.3) is 0 Å². The van der Waals surface area contributed by atoms with Crippen LogP contribution in [0.3, 0.4) is 0 Å². The second-order valence-corrected chi connectivity index (χ2v) is 10.1. The van der Waals surface area contributed by atoms with Gasteiger partial charge in [0.15, 0.2) is 0 Å². The SMILES string of the molecule is CCCCCN1C=CN(CCCCC)C1.O=S(=O)(NS(=O)(=O)C(F)(F)F)C(F)(F)F. The molecule has 180 valence electrons. The van der Waals surface area contributed by atoms with E-state index in [1.807, 2.05) is 0 Å². The molecule has 0 atom stereocenters. The molecule has 0 aromatic carbocycles. The van der Waals surface area contributed by atoms with E-state index in [0.29, 0.717) is 0 Å². The lowest BCUT2D eigenvalue weighted by molar-refractivity contribution is -0.0476. The van der Waals surface area contributed by atoms with E-state index in [0.717, 1.165) is 6.67 Å². The van der Waals surface area contributed by atoms with Gasteiger partial charge in [-0.05, 0) is 12.8 Å². The molecule has 1 aliphatic heterocycles. The van der Waals surface area contributed by atoms with Gasteiger partial charge in [0.05, 0.1) is 6.67 Å². The highest BCUT2D eigenvalue weighted by Gasteiger charge is 2.55. The molecule has 0 spiro atoms. The van der Waals surface area contributed by atoms with Crippen LogP contribution >= 0.6 is 0 Å². The fraction of sp³-hybridized carbons (Fsp3) is 0.867. The number of nitrogens with zero attached hydrogens (tertiary/aromatic N) is 2. The molecule has 1 rings (SSSR count). The number of unbranched alkanes of at least 4 members (excludes halogenated alkanes) is 4. The molecule has 1 heterocycles. The summed E-state index contributed by atoms with van der Waals surface area (Å²) in [5.74, 6) is 0. The van der Waals surface area contributed by atoms with Gasteiger partial charge >= 0.3 is 31.1 Å².